The summed E-state index contributed by atoms with van der Waals surface area (Å²) in [6.45, 7) is -0.304. The van der Waals surface area contributed by atoms with Gasteiger partial charge in [-0.15, -0.1) is 0 Å². The van der Waals surface area contributed by atoms with Crippen LogP contribution >= 0.6 is 0 Å². The largest absolute Gasteiger partial charge is 0.506 e. The Kier molecular flexibility index (Phi) is 12.5. The number of aromatic hydroxyl groups is 2. The van der Waals surface area contributed by atoms with Crippen molar-refractivity contribution in [3.05, 3.63) is 95.6 Å². The lowest BCUT2D eigenvalue weighted by Gasteiger charge is -2.36. The number of carboxylic acids is 1. The van der Waals surface area contributed by atoms with E-state index >= 15 is 0 Å². The summed E-state index contributed by atoms with van der Waals surface area (Å²) in [6.07, 6.45) is 2.81. The molecule has 19 heteroatoms. The van der Waals surface area contributed by atoms with Crippen LogP contribution in [0.1, 0.15) is 41.5 Å². The number of aliphatic carboxylic acids is 1. The van der Waals surface area contributed by atoms with Gasteiger partial charge < -0.3 is 24.8 Å². The number of hydrogen-bond acceptors (Lipinski definition) is 14. The maximum atomic E-state index is 12.8. The van der Waals surface area contributed by atoms with Crippen molar-refractivity contribution < 1.29 is 60.3 Å². The number of benzene rings is 2. The summed E-state index contributed by atoms with van der Waals surface area (Å²) < 4.78 is 79.6. The Balaban J connectivity index is 1.94. The number of Topliss-reactive ketones (excluding diaryl/α,β-unsaturated/α-hetero) is 1. The Bertz CT molecular complexity index is 1980. The molecule has 0 fully saturated rings. The third-order valence-electron chi connectivity index (χ3n) is 7.88. The summed E-state index contributed by atoms with van der Waals surface area (Å²) in [7, 11) is -7.57. The molecule has 0 saturated carbocycles. The number of aromatic nitrogens is 2. The molecule has 0 bridgehead atoms. The predicted molar refractivity (Wildman–Crippen MR) is 183 cm³/mol. The summed E-state index contributed by atoms with van der Waals surface area (Å²) in [5.74, 6) is -3.68. The van der Waals surface area contributed by atoms with Gasteiger partial charge in [0.25, 0.3) is 20.2 Å². The first-order valence-electron chi connectivity index (χ1n) is 15.2. The fraction of sp³-hybridized carbons (Fsp3) is 0.273. The minimum atomic E-state index is -5.02. The number of phenols is 2. The number of ether oxygens (including phenoxy) is 2. The molecule has 0 amide bonds. The molecule has 5 N–H and O–H groups in total. The molecule has 0 spiro atoms. The molecule has 2 aromatic carbocycles. The molecule has 2 aromatic heterocycles. The van der Waals surface area contributed by atoms with Crippen LogP contribution in [-0.2, 0) is 29.8 Å². The van der Waals surface area contributed by atoms with Crippen LogP contribution in [0.2, 0.25) is 0 Å². The van der Waals surface area contributed by atoms with Gasteiger partial charge in [0.05, 0.1) is 50.8 Å². The lowest BCUT2D eigenvalue weighted by atomic mass is 9.98. The van der Waals surface area contributed by atoms with Gasteiger partial charge in [0.1, 0.15) is 38.6 Å². The predicted octanol–water partition coefficient (Wildman–Crippen LogP) is 2.56. The van der Waals surface area contributed by atoms with Crippen molar-refractivity contribution in [1.82, 2.24) is 19.8 Å². The number of nitrogens with zero attached hydrogens (tertiary/aromatic N) is 4. The SMILES string of the molecule is COc1cc(C(c2ccccn2)N(CCN(CC(=O)O)C(c2ccccn2)c2cc(OC)cc(S(=O)(=O)O)c2O)CC(C)=O)c(O)c(S(=O)(=O)O)c1. The second-order valence-electron chi connectivity index (χ2n) is 11.4. The minimum absolute atomic E-state index is 0.0741. The van der Waals surface area contributed by atoms with Gasteiger partial charge in [-0.2, -0.15) is 16.8 Å². The molecular formula is C33H36N4O13S2. The molecule has 2 atom stereocenters. The van der Waals surface area contributed by atoms with Crippen molar-refractivity contribution >= 4 is 32.0 Å². The van der Waals surface area contributed by atoms with Crippen LogP contribution in [-0.4, -0.2) is 113 Å². The second-order valence-corrected chi connectivity index (χ2v) is 14.2. The molecule has 0 aliphatic heterocycles. The molecule has 4 rings (SSSR count). The zero-order valence-electron chi connectivity index (χ0n) is 28.0. The highest BCUT2D eigenvalue weighted by molar-refractivity contribution is 7.86. The van der Waals surface area contributed by atoms with Crippen LogP contribution in [0.4, 0.5) is 0 Å². The molecule has 0 saturated heterocycles. The van der Waals surface area contributed by atoms with E-state index in [0.29, 0.717) is 0 Å². The standard InChI is InChI=1S/C33H36N4O13S2/c1-20(38)18-36(30(25-8-4-6-10-34-25)23-14-21(49-2)16-27(32(23)41)51(43,44)45)12-13-37(19-29(39)40)31(26-9-5-7-11-35-26)24-15-22(50-3)17-28(33(24)42)52(46,47)48/h4-11,14-17,30-31,41-42H,12-13,18-19H2,1-3H3,(H,39,40)(H,43,44,45)(H,46,47,48). The Labute approximate surface area is 299 Å². The lowest BCUT2D eigenvalue weighted by molar-refractivity contribution is -0.139. The number of ketones is 1. The van der Waals surface area contributed by atoms with Crippen LogP contribution in [0.15, 0.2) is 82.8 Å². The first kappa shape index (κ1) is 39.6. The topological polar surface area (TPSA) is 254 Å². The highest BCUT2D eigenvalue weighted by Crippen LogP contribution is 2.42. The van der Waals surface area contributed by atoms with Gasteiger partial charge in [-0.3, -0.25) is 38.5 Å². The maximum absolute atomic E-state index is 12.8. The third-order valence-corrected chi connectivity index (χ3v) is 9.61. The van der Waals surface area contributed by atoms with E-state index in [1.165, 1.54) is 61.5 Å². The monoisotopic (exact) mass is 760 g/mol. The summed E-state index contributed by atoms with van der Waals surface area (Å²) in [5.41, 5.74) is 0.0230. The number of methoxy groups -OCH3 is 2. The fourth-order valence-electron chi connectivity index (χ4n) is 5.73. The summed E-state index contributed by atoms with van der Waals surface area (Å²) in [5, 5.41) is 32.6. The van der Waals surface area contributed by atoms with Crippen molar-refractivity contribution in [2.24, 2.45) is 0 Å². The van der Waals surface area contributed by atoms with Crippen molar-refractivity contribution in [1.29, 1.82) is 0 Å². The van der Waals surface area contributed by atoms with E-state index in [0.717, 1.165) is 12.1 Å². The number of carbonyl (C=O) groups excluding carboxylic acids is 1. The van der Waals surface area contributed by atoms with Gasteiger partial charge >= 0.3 is 5.97 Å². The van der Waals surface area contributed by atoms with Crippen molar-refractivity contribution in [3.63, 3.8) is 0 Å². The van der Waals surface area contributed by atoms with E-state index < -0.39 is 71.9 Å². The van der Waals surface area contributed by atoms with Crippen molar-refractivity contribution in [3.8, 4) is 23.0 Å². The zero-order chi connectivity index (χ0) is 38.4. The van der Waals surface area contributed by atoms with Crippen LogP contribution in [0.25, 0.3) is 0 Å². The minimum Gasteiger partial charge on any atom is -0.506 e. The average molecular weight is 761 g/mol. The third kappa shape index (κ3) is 9.37. The number of hydrogen-bond donors (Lipinski definition) is 5. The van der Waals surface area contributed by atoms with Gasteiger partial charge in [-0.05, 0) is 43.3 Å². The van der Waals surface area contributed by atoms with Crippen LogP contribution in [0.3, 0.4) is 0 Å². The Morgan fingerprint density at radius 3 is 1.42 bits per heavy atom. The first-order chi connectivity index (χ1) is 24.5. The quantitative estimate of drug-likeness (QED) is 0.0969. The van der Waals surface area contributed by atoms with E-state index in [4.69, 9.17) is 9.47 Å². The fourth-order valence-corrected chi connectivity index (χ4v) is 6.98. The van der Waals surface area contributed by atoms with Gasteiger partial charge in [-0.25, -0.2) is 0 Å². The van der Waals surface area contributed by atoms with E-state index in [-0.39, 0.29) is 53.6 Å². The summed E-state index contributed by atoms with van der Waals surface area (Å²) >= 11 is 0. The van der Waals surface area contributed by atoms with Crippen LogP contribution in [0, 0.1) is 0 Å². The maximum Gasteiger partial charge on any atom is 0.317 e. The molecule has 2 heterocycles. The molecule has 4 aromatic rings. The van der Waals surface area contributed by atoms with Crippen LogP contribution in [0.5, 0.6) is 23.0 Å². The summed E-state index contributed by atoms with van der Waals surface area (Å²) in [4.78, 5) is 34.9. The molecular weight excluding hydrogens is 725 g/mol. The normalized spacial score (nSPS) is 13.1. The number of pyridine rings is 2. The van der Waals surface area contributed by atoms with Crippen molar-refractivity contribution in [2.75, 3.05) is 40.4 Å². The highest BCUT2D eigenvalue weighted by Gasteiger charge is 2.35. The van der Waals surface area contributed by atoms with Gasteiger partial charge in [-0.1, -0.05) is 12.1 Å². The smallest absolute Gasteiger partial charge is 0.317 e. The molecule has 0 aliphatic rings. The van der Waals surface area contributed by atoms with Gasteiger partial charge in [0.2, 0.25) is 0 Å². The molecule has 2 unspecified atom stereocenters. The second kappa shape index (κ2) is 16.4. The first-order valence-corrected chi connectivity index (χ1v) is 18.1. The molecule has 0 radical (unpaired) electrons. The zero-order valence-corrected chi connectivity index (χ0v) is 29.7. The molecule has 52 heavy (non-hydrogen) atoms. The van der Waals surface area contributed by atoms with E-state index in [2.05, 4.69) is 9.97 Å². The van der Waals surface area contributed by atoms with E-state index in [1.54, 1.807) is 30.3 Å². The Morgan fingerprint density at radius 1 is 0.712 bits per heavy atom. The van der Waals surface area contributed by atoms with Crippen molar-refractivity contribution in [2.45, 2.75) is 28.8 Å². The van der Waals surface area contributed by atoms with Crippen LogP contribution < -0.4 is 9.47 Å². The molecule has 278 valence electrons. The highest BCUT2D eigenvalue weighted by atomic mass is 32.2. The molecule has 17 nitrogen and oxygen atoms in total. The van der Waals surface area contributed by atoms with Gasteiger partial charge in [0.15, 0.2) is 0 Å². The number of phenolic OH excluding ortho intramolecular Hbond substituents is 2. The number of carbonyl (C=O) groups is 2. The lowest BCUT2D eigenvalue weighted by Crippen LogP contribution is -2.43. The summed E-state index contributed by atoms with van der Waals surface area (Å²) in [6, 6.07) is 11.2. The van der Waals surface area contributed by atoms with Gasteiger partial charge in [0, 0.05) is 48.7 Å². The number of rotatable bonds is 17. The Hall–Kier alpha value is -5.18. The van der Waals surface area contributed by atoms with E-state index in [9.17, 15) is 50.8 Å². The molecule has 0 aliphatic carbocycles. The number of carboxylic acid groups (broad SMARTS) is 1. The average Bonchev–Trinajstić information content (AvgIpc) is 3.08. The Morgan fingerprint density at radius 2 is 1.12 bits per heavy atom. The van der Waals surface area contributed by atoms with E-state index in [1.807, 2.05) is 0 Å².